The van der Waals surface area contributed by atoms with E-state index in [1.54, 1.807) is 24.3 Å². The van der Waals surface area contributed by atoms with E-state index < -0.39 is 21.9 Å². The molecule has 6 heteroatoms. The summed E-state index contributed by atoms with van der Waals surface area (Å²) in [5.74, 6) is -1.78. The van der Waals surface area contributed by atoms with E-state index in [-0.39, 0.29) is 13.1 Å². The predicted molar refractivity (Wildman–Crippen MR) is 62.1 cm³/mol. The first-order valence-electron chi connectivity index (χ1n) is 5.15. The number of nitrogens with zero attached hydrogens (tertiary/aromatic N) is 1. The molecule has 1 unspecified atom stereocenters. The first kappa shape index (κ1) is 12.1. The fourth-order valence-electron chi connectivity index (χ4n) is 2.04. The number of aliphatic carboxylic acids is 1. The highest BCUT2D eigenvalue weighted by atomic mass is 32.2. The van der Waals surface area contributed by atoms with Crippen LogP contribution in [0.5, 0.6) is 0 Å². The highest BCUT2D eigenvalue weighted by Crippen LogP contribution is 2.29. The SMILES string of the molecule is CS(=O)(=O)N1Cc2ccccc2C(C(=O)O)C1. The van der Waals surface area contributed by atoms with Gasteiger partial charge in [-0.15, -0.1) is 0 Å². The Balaban J connectivity index is 2.47. The Morgan fingerprint density at radius 2 is 2.06 bits per heavy atom. The number of carboxylic acids is 1. The summed E-state index contributed by atoms with van der Waals surface area (Å²) in [6.45, 7) is 0.254. The second kappa shape index (κ2) is 4.12. The molecule has 0 bridgehead atoms. The molecule has 0 saturated carbocycles. The van der Waals surface area contributed by atoms with Crippen molar-refractivity contribution in [2.45, 2.75) is 12.5 Å². The van der Waals surface area contributed by atoms with E-state index in [4.69, 9.17) is 5.11 Å². The maximum absolute atomic E-state index is 11.5. The van der Waals surface area contributed by atoms with Gasteiger partial charge in [0, 0.05) is 13.1 Å². The Kier molecular flexibility index (Phi) is 2.92. The van der Waals surface area contributed by atoms with Crippen molar-refractivity contribution < 1.29 is 18.3 Å². The normalized spacial score (nSPS) is 20.9. The van der Waals surface area contributed by atoms with E-state index in [2.05, 4.69) is 0 Å². The average molecular weight is 255 g/mol. The summed E-state index contributed by atoms with van der Waals surface area (Å²) < 4.78 is 24.2. The zero-order valence-electron chi connectivity index (χ0n) is 9.33. The van der Waals surface area contributed by atoms with Crippen LogP contribution in [-0.4, -0.2) is 36.6 Å². The van der Waals surface area contributed by atoms with Crippen molar-refractivity contribution in [3.8, 4) is 0 Å². The molecule has 1 aliphatic rings. The van der Waals surface area contributed by atoms with Gasteiger partial charge in [-0.2, -0.15) is 4.31 Å². The lowest BCUT2D eigenvalue weighted by atomic mass is 9.91. The molecule has 1 atom stereocenters. The summed E-state index contributed by atoms with van der Waals surface area (Å²) in [6.07, 6.45) is 1.10. The van der Waals surface area contributed by atoms with Gasteiger partial charge >= 0.3 is 5.97 Å². The molecule has 5 nitrogen and oxygen atoms in total. The molecule has 17 heavy (non-hydrogen) atoms. The zero-order chi connectivity index (χ0) is 12.6. The fraction of sp³-hybridized carbons (Fsp3) is 0.364. The molecular formula is C11H13NO4S. The van der Waals surface area contributed by atoms with Gasteiger partial charge in [0.15, 0.2) is 0 Å². The van der Waals surface area contributed by atoms with Crippen LogP contribution in [0.15, 0.2) is 24.3 Å². The van der Waals surface area contributed by atoms with Crippen molar-refractivity contribution in [1.82, 2.24) is 4.31 Å². The minimum absolute atomic E-state index is 0.00514. The largest absolute Gasteiger partial charge is 0.481 e. The van der Waals surface area contributed by atoms with Crippen LogP contribution in [0.4, 0.5) is 0 Å². The smallest absolute Gasteiger partial charge is 0.312 e. The number of hydrogen-bond acceptors (Lipinski definition) is 3. The van der Waals surface area contributed by atoms with Gasteiger partial charge in [-0.05, 0) is 11.1 Å². The maximum Gasteiger partial charge on any atom is 0.312 e. The first-order chi connectivity index (χ1) is 7.89. The van der Waals surface area contributed by atoms with E-state index >= 15 is 0 Å². The number of carboxylic acid groups (broad SMARTS) is 1. The quantitative estimate of drug-likeness (QED) is 0.841. The predicted octanol–water partition coefficient (Wildman–Crippen LogP) is 0.630. The molecule has 0 radical (unpaired) electrons. The summed E-state index contributed by atoms with van der Waals surface area (Å²) in [7, 11) is -3.37. The van der Waals surface area contributed by atoms with Gasteiger partial charge < -0.3 is 5.11 Å². The van der Waals surface area contributed by atoms with E-state index in [1.165, 1.54) is 4.31 Å². The van der Waals surface area contributed by atoms with Gasteiger partial charge in [0.1, 0.15) is 0 Å². The van der Waals surface area contributed by atoms with Gasteiger partial charge in [-0.3, -0.25) is 4.79 Å². The highest BCUT2D eigenvalue weighted by Gasteiger charge is 2.33. The molecule has 2 rings (SSSR count). The van der Waals surface area contributed by atoms with E-state index in [1.807, 2.05) is 0 Å². The van der Waals surface area contributed by atoms with Crippen molar-refractivity contribution in [3.05, 3.63) is 35.4 Å². The van der Waals surface area contributed by atoms with Gasteiger partial charge in [-0.25, -0.2) is 8.42 Å². The summed E-state index contributed by atoms with van der Waals surface area (Å²) in [6, 6.07) is 7.06. The number of hydrogen-bond donors (Lipinski definition) is 1. The monoisotopic (exact) mass is 255 g/mol. The van der Waals surface area contributed by atoms with Crippen molar-refractivity contribution >= 4 is 16.0 Å². The summed E-state index contributed by atoms with van der Waals surface area (Å²) in [5.41, 5.74) is 1.47. The summed E-state index contributed by atoms with van der Waals surface area (Å²) in [4.78, 5) is 11.2. The van der Waals surface area contributed by atoms with Gasteiger partial charge in [0.2, 0.25) is 10.0 Å². The molecule has 92 valence electrons. The molecule has 1 aliphatic heterocycles. The van der Waals surface area contributed by atoms with Gasteiger partial charge in [0.05, 0.1) is 12.2 Å². The van der Waals surface area contributed by atoms with Crippen LogP contribution in [0.25, 0.3) is 0 Å². The minimum Gasteiger partial charge on any atom is -0.481 e. The maximum atomic E-state index is 11.5. The van der Waals surface area contributed by atoms with Crippen molar-refractivity contribution in [1.29, 1.82) is 0 Å². The van der Waals surface area contributed by atoms with Crippen LogP contribution in [0.1, 0.15) is 17.0 Å². The van der Waals surface area contributed by atoms with Crippen molar-refractivity contribution in [3.63, 3.8) is 0 Å². The molecule has 1 heterocycles. The Labute approximate surface area is 99.7 Å². The molecule has 0 saturated heterocycles. The molecule has 1 N–H and O–H groups in total. The van der Waals surface area contributed by atoms with Crippen LogP contribution < -0.4 is 0 Å². The second-order valence-electron chi connectivity index (χ2n) is 4.15. The van der Waals surface area contributed by atoms with E-state index in [9.17, 15) is 13.2 Å². The topological polar surface area (TPSA) is 74.7 Å². The van der Waals surface area contributed by atoms with Crippen LogP contribution >= 0.6 is 0 Å². The number of benzene rings is 1. The summed E-state index contributed by atoms with van der Waals surface area (Å²) in [5, 5.41) is 9.15. The first-order valence-corrected chi connectivity index (χ1v) is 7.00. The number of carbonyl (C=O) groups is 1. The van der Waals surface area contributed by atoms with Gasteiger partial charge in [0.25, 0.3) is 0 Å². The lowest BCUT2D eigenvalue weighted by molar-refractivity contribution is -0.139. The molecule has 0 spiro atoms. The zero-order valence-corrected chi connectivity index (χ0v) is 10.1. The van der Waals surface area contributed by atoms with Gasteiger partial charge in [-0.1, -0.05) is 24.3 Å². The summed E-state index contributed by atoms with van der Waals surface area (Å²) >= 11 is 0. The Bertz CT molecular complexity index is 552. The van der Waals surface area contributed by atoms with Crippen LogP contribution in [0.3, 0.4) is 0 Å². The van der Waals surface area contributed by atoms with Crippen molar-refractivity contribution in [2.75, 3.05) is 12.8 Å². The standard InChI is InChI=1S/C11H13NO4S/c1-17(15,16)12-6-8-4-2-3-5-9(8)10(7-12)11(13)14/h2-5,10H,6-7H2,1H3,(H,13,14). The van der Waals surface area contributed by atoms with E-state index in [0.717, 1.165) is 11.8 Å². The number of fused-ring (bicyclic) bond motifs is 1. The van der Waals surface area contributed by atoms with Crippen LogP contribution in [0, 0.1) is 0 Å². The number of sulfonamides is 1. The van der Waals surface area contributed by atoms with Crippen molar-refractivity contribution in [2.24, 2.45) is 0 Å². The third-order valence-corrected chi connectivity index (χ3v) is 4.15. The third-order valence-electron chi connectivity index (χ3n) is 2.93. The van der Waals surface area contributed by atoms with E-state index in [0.29, 0.717) is 5.56 Å². The molecule has 0 aromatic heterocycles. The highest BCUT2D eigenvalue weighted by molar-refractivity contribution is 7.88. The fourth-order valence-corrected chi connectivity index (χ4v) is 2.83. The Morgan fingerprint density at radius 3 is 2.65 bits per heavy atom. The molecule has 0 fully saturated rings. The molecule has 0 amide bonds. The Morgan fingerprint density at radius 1 is 1.41 bits per heavy atom. The number of rotatable bonds is 2. The van der Waals surface area contributed by atoms with Crippen LogP contribution in [-0.2, 0) is 21.4 Å². The Hall–Kier alpha value is -1.40. The average Bonchev–Trinajstić information content (AvgIpc) is 2.26. The third kappa shape index (κ3) is 2.32. The molecule has 0 aliphatic carbocycles. The molecular weight excluding hydrogens is 242 g/mol. The lowest BCUT2D eigenvalue weighted by Gasteiger charge is -2.30. The minimum atomic E-state index is -3.37. The van der Waals surface area contributed by atoms with Crippen LogP contribution in [0.2, 0.25) is 0 Å². The second-order valence-corrected chi connectivity index (χ2v) is 6.13. The molecule has 1 aromatic rings. The molecule has 1 aromatic carbocycles. The lowest BCUT2D eigenvalue weighted by Crippen LogP contribution is -2.39.